The van der Waals surface area contributed by atoms with Crippen LogP contribution in [0, 0.1) is 6.92 Å². The average Bonchev–Trinajstić information content (AvgIpc) is 3.18. The Morgan fingerprint density at radius 3 is 2.88 bits per heavy atom. The Morgan fingerprint density at radius 2 is 2.12 bits per heavy atom. The highest BCUT2D eigenvalue weighted by Crippen LogP contribution is 2.33. The second kappa shape index (κ2) is 6.40. The number of carbonyl (C=O) groups excluding carboxylic acids is 1. The molecular weight excluding hydrogens is 302 g/mol. The van der Waals surface area contributed by atoms with Gasteiger partial charge in [0.05, 0.1) is 6.54 Å². The summed E-state index contributed by atoms with van der Waals surface area (Å²) in [4.78, 5) is 21.2. The minimum Gasteiger partial charge on any atom is -0.465 e. The van der Waals surface area contributed by atoms with Crippen molar-refractivity contribution in [2.75, 3.05) is 6.54 Å². The SMILES string of the molecule is Cc1ccc(CN2CC[C@@H]3[C@H]2CCC(=O)N3Cc2cccnc2)o1. The molecule has 0 spiro atoms. The molecule has 0 aliphatic carbocycles. The summed E-state index contributed by atoms with van der Waals surface area (Å²) < 4.78 is 5.74. The summed E-state index contributed by atoms with van der Waals surface area (Å²) >= 11 is 0. The molecule has 0 unspecified atom stereocenters. The zero-order valence-electron chi connectivity index (χ0n) is 14.0. The maximum atomic E-state index is 12.5. The van der Waals surface area contributed by atoms with Crippen molar-refractivity contribution < 1.29 is 9.21 Å². The Hall–Kier alpha value is -2.14. The van der Waals surface area contributed by atoms with Crippen LogP contribution in [0.5, 0.6) is 0 Å². The van der Waals surface area contributed by atoms with Crippen molar-refractivity contribution in [1.29, 1.82) is 0 Å². The Bertz CT molecular complexity index is 712. The van der Waals surface area contributed by atoms with E-state index in [0.29, 0.717) is 25.0 Å². The van der Waals surface area contributed by atoms with Crippen LogP contribution < -0.4 is 0 Å². The molecule has 2 aromatic heterocycles. The van der Waals surface area contributed by atoms with Gasteiger partial charge in [-0.2, -0.15) is 0 Å². The van der Waals surface area contributed by atoms with Gasteiger partial charge < -0.3 is 9.32 Å². The van der Waals surface area contributed by atoms with Crippen LogP contribution in [0.1, 0.15) is 36.3 Å². The van der Waals surface area contributed by atoms with Crippen molar-refractivity contribution in [2.45, 2.75) is 51.4 Å². The topological polar surface area (TPSA) is 49.6 Å². The van der Waals surface area contributed by atoms with Crippen molar-refractivity contribution in [3.63, 3.8) is 0 Å². The van der Waals surface area contributed by atoms with Crippen LogP contribution in [0.15, 0.2) is 41.1 Å². The first-order valence-electron chi connectivity index (χ1n) is 8.68. The van der Waals surface area contributed by atoms with Crippen LogP contribution in [0.2, 0.25) is 0 Å². The fraction of sp³-hybridized carbons (Fsp3) is 0.474. The van der Waals surface area contributed by atoms with Gasteiger partial charge in [-0.25, -0.2) is 0 Å². The molecule has 4 rings (SSSR count). The molecule has 0 saturated carbocycles. The van der Waals surface area contributed by atoms with E-state index in [0.717, 1.165) is 43.0 Å². The average molecular weight is 325 g/mol. The third-order valence-corrected chi connectivity index (χ3v) is 5.23. The predicted octanol–water partition coefficient (Wildman–Crippen LogP) is 2.75. The molecule has 1 amide bonds. The highest BCUT2D eigenvalue weighted by molar-refractivity contribution is 5.77. The Balaban J connectivity index is 1.48. The molecule has 0 radical (unpaired) electrons. The molecule has 0 aromatic carbocycles. The van der Waals surface area contributed by atoms with E-state index in [1.807, 2.05) is 31.3 Å². The lowest BCUT2D eigenvalue weighted by atomic mass is 9.95. The van der Waals surface area contributed by atoms with Gasteiger partial charge in [0.15, 0.2) is 0 Å². The first-order valence-corrected chi connectivity index (χ1v) is 8.68. The molecule has 5 heteroatoms. The predicted molar refractivity (Wildman–Crippen MR) is 90.1 cm³/mol. The summed E-state index contributed by atoms with van der Waals surface area (Å²) in [6.07, 6.45) is 6.25. The maximum Gasteiger partial charge on any atom is 0.223 e. The standard InChI is InChI=1S/C19H23N3O2/c1-14-4-5-16(24-14)13-21-10-8-18-17(21)6-7-19(23)22(18)12-15-3-2-9-20-11-15/h2-5,9,11,17-18H,6-8,10,12-13H2,1H3/t17-,18-/m1/s1. The molecule has 2 fully saturated rings. The number of rotatable bonds is 4. The summed E-state index contributed by atoms with van der Waals surface area (Å²) in [5, 5.41) is 0. The van der Waals surface area contributed by atoms with E-state index < -0.39 is 0 Å². The first-order chi connectivity index (χ1) is 11.7. The molecule has 0 bridgehead atoms. The monoisotopic (exact) mass is 325 g/mol. The Morgan fingerprint density at radius 1 is 1.21 bits per heavy atom. The highest BCUT2D eigenvalue weighted by atomic mass is 16.3. The van der Waals surface area contributed by atoms with Gasteiger partial charge in [0.2, 0.25) is 5.91 Å². The summed E-state index contributed by atoms with van der Waals surface area (Å²) in [6.45, 7) is 4.50. The number of likely N-dealkylation sites (tertiary alicyclic amines) is 2. The highest BCUT2D eigenvalue weighted by Gasteiger charge is 2.43. The Labute approximate surface area is 142 Å². The number of aromatic nitrogens is 1. The van der Waals surface area contributed by atoms with Gasteiger partial charge >= 0.3 is 0 Å². The molecule has 2 atom stereocenters. The number of pyridine rings is 1. The summed E-state index contributed by atoms with van der Waals surface area (Å²) in [5.41, 5.74) is 1.10. The number of nitrogens with zero attached hydrogens (tertiary/aromatic N) is 3. The van der Waals surface area contributed by atoms with Crippen LogP contribution in [-0.4, -0.2) is 39.3 Å². The third kappa shape index (κ3) is 2.96. The molecule has 24 heavy (non-hydrogen) atoms. The van der Waals surface area contributed by atoms with Gasteiger partial charge in [-0.15, -0.1) is 0 Å². The van der Waals surface area contributed by atoms with Crippen molar-refractivity contribution in [1.82, 2.24) is 14.8 Å². The number of piperidine rings is 1. The van der Waals surface area contributed by atoms with Gasteiger partial charge in [0.25, 0.3) is 0 Å². The summed E-state index contributed by atoms with van der Waals surface area (Å²) in [6, 6.07) is 8.79. The number of fused-ring (bicyclic) bond motifs is 1. The quantitative estimate of drug-likeness (QED) is 0.867. The number of hydrogen-bond acceptors (Lipinski definition) is 4. The van der Waals surface area contributed by atoms with Crippen molar-refractivity contribution in [2.24, 2.45) is 0 Å². The van der Waals surface area contributed by atoms with Crippen molar-refractivity contribution in [3.05, 3.63) is 53.7 Å². The van der Waals surface area contributed by atoms with Gasteiger partial charge in [-0.05, 0) is 43.5 Å². The molecule has 2 aliphatic rings. The van der Waals surface area contributed by atoms with Crippen molar-refractivity contribution >= 4 is 5.91 Å². The van der Waals surface area contributed by atoms with Gasteiger partial charge in [-0.1, -0.05) is 6.07 Å². The number of aryl methyl sites for hydroxylation is 1. The number of amides is 1. The lowest BCUT2D eigenvalue weighted by Crippen LogP contribution is -2.51. The van der Waals surface area contributed by atoms with E-state index in [1.165, 1.54) is 0 Å². The molecule has 126 valence electrons. The zero-order chi connectivity index (χ0) is 16.5. The van der Waals surface area contributed by atoms with Crippen LogP contribution in [0.3, 0.4) is 0 Å². The molecule has 2 aromatic rings. The molecule has 5 nitrogen and oxygen atoms in total. The van der Waals surface area contributed by atoms with E-state index in [9.17, 15) is 4.79 Å². The molecule has 2 saturated heterocycles. The normalized spacial score (nSPS) is 24.4. The minimum absolute atomic E-state index is 0.274. The van der Waals surface area contributed by atoms with Crippen LogP contribution in [0.4, 0.5) is 0 Å². The molecule has 2 aliphatic heterocycles. The fourth-order valence-electron chi connectivity index (χ4n) is 4.10. The number of carbonyl (C=O) groups is 1. The van der Waals surface area contributed by atoms with Gasteiger partial charge in [0, 0.05) is 44.0 Å². The molecule has 0 N–H and O–H groups in total. The van der Waals surface area contributed by atoms with Crippen molar-refractivity contribution in [3.8, 4) is 0 Å². The lowest BCUT2D eigenvalue weighted by Gasteiger charge is -2.39. The second-order valence-corrected chi connectivity index (χ2v) is 6.83. The van der Waals surface area contributed by atoms with E-state index in [4.69, 9.17) is 4.42 Å². The first kappa shape index (κ1) is 15.4. The second-order valence-electron chi connectivity index (χ2n) is 6.83. The fourth-order valence-corrected chi connectivity index (χ4v) is 4.10. The number of hydrogen-bond donors (Lipinski definition) is 0. The Kier molecular flexibility index (Phi) is 4.10. The van der Waals surface area contributed by atoms with Crippen LogP contribution >= 0.6 is 0 Å². The molecule has 4 heterocycles. The van der Waals surface area contributed by atoms with E-state index in [-0.39, 0.29) is 5.91 Å². The van der Waals surface area contributed by atoms with Gasteiger partial charge in [0.1, 0.15) is 11.5 Å². The smallest absolute Gasteiger partial charge is 0.223 e. The molecular formula is C19H23N3O2. The van der Waals surface area contributed by atoms with E-state index >= 15 is 0 Å². The minimum atomic E-state index is 0.274. The van der Waals surface area contributed by atoms with Crippen LogP contribution in [-0.2, 0) is 17.9 Å². The zero-order valence-corrected chi connectivity index (χ0v) is 14.0. The van der Waals surface area contributed by atoms with Crippen LogP contribution in [0.25, 0.3) is 0 Å². The largest absolute Gasteiger partial charge is 0.465 e. The number of furan rings is 1. The summed E-state index contributed by atoms with van der Waals surface area (Å²) in [7, 11) is 0. The summed E-state index contributed by atoms with van der Waals surface area (Å²) in [5.74, 6) is 2.25. The third-order valence-electron chi connectivity index (χ3n) is 5.23. The lowest BCUT2D eigenvalue weighted by molar-refractivity contribution is -0.138. The van der Waals surface area contributed by atoms with E-state index in [2.05, 4.69) is 20.9 Å². The van der Waals surface area contributed by atoms with Gasteiger partial charge in [-0.3, -0.25) is 14.7 Å². The maximum absolute atomic E-state index is 12.5. The van der Waals surface area contributed by atoms with E-state index in [1.54, 1.807) is 6.20 Å².